The van der Waals surface area contributed by atoms with Crippen molar-refractivity contribution in [3.8, 4) is 11.1 Å². The van der Waals surface area contributed by atoms with Crippen LogP contribution in [-0.4, -0.2) is 31.6 Å². The van der Waals surface area contributed by atoms with Gasteiger partial charge in [0.25, 0.3) is 5.91 Å². The minimum Gasteiger partial charge on any atom is -0.326 e. The average Bonchev–Trinajstić information content (AvgIpc) is 3.60. The predicted molar refractivity (Wildman–Crippen MR) is 143 cm³/mol. The van der Waals surface area contributed by atoms with Crippen molar-refractivity contribution in [1.29, 1.82) is 0 Å². The first-order valence-corrected chi connectivity index (χ1v) is 12.0. The van der Waals surface area contributed by atoms with Crippen LogP contribution in [0.25, 0.3) is 11.1 Å². The van der Waals surface area contributed by atoms with Gasteiger partial charge < -0.3 is 9.88 Å². The number of hydrogen-bond acceptors (Lipinski definition) is 4. The van der Waals surface area contributed by atoms with E-state index in [0.717, 1.165) is 28.1 Å². The van der Waals surface area contributed by atoms with Gasteiger partial charge in [-0.25, -0.2) is 4.98 Å². The molecule has 5 aromatic rings. The first-order valence-electron chi connectivity index (χ1n) is 12.0. The third-order valence-electron chi connectivity index (χ3n) is 5.87. The van der Waals surface area contributed by atoms with Crippen LogP contribution < -0.4 is 10.6 Å². The second-order valence-electron chi connectivity index (χ2n) is 8.61. The summed E-state index contributed by atoms with van der Waals surface area (Å²) >= 11 is 0. The molecule has 0 radical (unpaired) electrons. The maximum absolute atomic E-state index is 13.2. The molecule has 0 saturated carbocycles. The number of imidazole rings is 1. The van der Waals surface area contributed by atoms with E-state index in [1.54, 1.807) is 18.5 Å². The molecule has 0 aliphatic heterocycles. The Balaban J connectivity index is 1.32. The van der Waals surface area contributed by atoms with Gasteiger partial charge in [0.1, 0.15) is 0 Å². The number of anilines is 2. The smallest absolute Gasteiger partial charge is 0.257 e. The highest BCUT2D eigenvalue weighted by molar-refractivity contribution is 6.04. The molecule has 8 heteroatoms. The lowest BCUT2D eigenvalue weighted by Gasteiger charge is -2.10. The van der Waals surface area contributed by atoms with Gasteiger partial charge in [-0.15, -0.1) is 0 Å². The standard InChI is InChI=1S/C29H26N6O2/c36-27(32-25-12-5-2-6-13-25)15-14-26-20-35(19-21-8-3-1-4-9-21)29(33-26)34-28(37)23-11-7-10-22(16-23)24-17-30-31-18-24/h1-13,16-18,20H,14-15,19H2,(H,30,31)(H,32,36)(H,33,34,37). The van der Waals surface area contributed by atoms with Crippen LogP contribution in [0.15, 0.2) is 104 Å². The molecule has 3 aromatic carbocycles. The van der Waals surface area contributed by atoms with Crippen molar-refractivity contribution in [3.63, 3.8) is 0 Å². The van der Waals surface area contributed by atoms with E-state index < -0.39 is 0 Å². The van der Waals surface area contributed by atoms with E-state index in [1.165, 1.54) is 0 Å². The van der Waals surface area contributed by atoms with Gasteiger partial charge >= 0.3 is 0 Å². The zero-order valence-corrected chi connectivity index (χ0v) is 20.1. The van der Waals surface area contributed by atoms with Crippen LogP contribution in [0.1, 0.15) is 28.0 Å². The number of carbonyl (C=O) groups excluding carboxylic acids is 2. The van der Waals surface area contributed by atoms with Gasteiger partial charge in [0, 0.05) is 42.0 Å². The van der Waals surface area contributed by atoms with E-state index in [2.05, 4.69) is 25.8 Å². The number of aromatic amines is 1. The molecule has 8 nitrogen and oxygen atoms in total. The summed E-state index contributed by atoms with van der Waals surface area (Å²) in [5.74, 6) is 0.0742. The van der Waals surface area contributed by atoms with Crippen molar-refractivity contribution < 1.29 is 9.59 Å². The lowest BCUT2D eigenvalue weighted by molar-refractivity contribution is -0.116. The Morgan fingerprint density at radius 1 is 0.865 bits per heavy atom. The minimum atomic E-state index is -0.265. The summed E-state index contributed by atoms with van der Waals surface area (Å²) in [6.07, 6.45) is 6.10. The van der Waals surface area contributed by atoms with Gasteiger partial charge in [-0.1, -0.05) is 60.7 Å². The van der Waals surface area contributed by atoms with Crippen molar-refractivity contribution >= 4 is 23.5 Å². The number of amides is 2. The van der Waals surface area contributed by atoms with Crippen LogP contribution >= 0.6 is 0 Å². The summed E-state index contributed by atoms with van der Waals surface area (Å²) in [6.45, 7) is 0.536. The molecule has 0 unspecified atom stereocenters. The number of nitrogens with one attached hydrogen (secondary N) is 3. The molecule has 0 aliphatic carbocycles. The number of benzene rings is 3. The topological polar surface area (TPSA) is 105 Å². The van der Waals surface area contributed by atoms with E-state index in [-0.39, 0.29) is 18.2 Å². The van der Waals surface area contributed by atoms with Crippen molar-refractivity contribution in [2.45, 2.75) is 19.4 Å². The molecule has 5 rings (SSSR count). The fraction of sp³-hybridized carbons (Fsp3) is 0.103. The highest BCUT2D eigenvalue weighted by Gasteiger charge is 2.15. The van der Waals surface area contributed by atoms with Crippen molar-refractivity contribution in [2.75, 3.05) is 10.6 Å². The summed E-state index contributed by atoms with van der Waals surface area (Å²) in [7, 11) is 0. The summed E-state index contributed by atoms with van der Waals surface area (Å²) in [5, 5.41) is 12.6. The lowest BCUT2D eigenvalue weighted by atomic mass is 10.1. The first kappa shape index (κ1) is 23.7. The molecule has 0 spiro atoms. The monoisotopic (exact) mass is 490 g/mol. The number of carbonyl (C=O) groups is 2. The van der Waals surface area contributed by atoms with E-state index in [1.807, 2.05) is 89.6 Å². The van der Waals surface area contributed by atoms with Crippen molar-refractivity contribution in [2.24, 2.45) is 0 Å². The van der Waals surface area contributed by atoms with Gasteiger partial charge in [0.2, 0.25) is 11.9 Å². The normalized spacial score (nSPS) is 10.7. The predicted octanol–water partition coefficient (Wildman–Crippen LogP) is 5.15. The summed E-state index contributed by atoms with van der Waals surface area (Å²) in [4.78, 5) is 30.3. The molecule has 0 fully saturated rings. The maximum Gasteiger partial charge on any atom is 0.257 e. The number of rotatable bonds is 9. The largest absolute Gasteiger partial charge is 0.326 e. The van der Waals surface area contributed by atoms with Crippen LogP contribution in [0, 0.1) is 0 Å². The molecule has 37 heavy (non-hydrogen) atoms. The molecule has 184 valence electrons. The van der Waals surface area contributed by atoms with Gasteiger partial charge in [0.15, 0.2) is 0 Å². The van der Waals surface area contributed by atoms with Gasteiger partial charge in [-0.3, -0.25) is 20.0 Å². The highest BCUT2D eigenvalue weighted by Crippen LogP contribution is 2.20. The van der Waals surface area contributed by atoms with E-state index >= 15 is 0 Å². The summed E-state index contributed by atoms with van der Waals surface area (Å²) in [6, 6.07) is 26.6. The van der Waals surface area contributed by atoms with E-state index in [4.69, 9.17) is 0 Å². The maximum atomic E-state index is 13.2. The van der Waals surface area contributed by atoms with Crippen LogP contribution in [0.3, 0.4) is 0 Å². The van der Waals surface area contributed by atoms with Crippen molar-refractivity contribution in [3.05, 3.63) is 120 Å². The molecule has 2 amide bonds. The van der Waals surface area contributed by atoms with Gasteiger partial charge in [-0.2, -0.15) is 5.10 Å². The quantitative estimate of drug-likeness (QED) is 0.266. The fourth-order valence-corrected chi connectivity index (χ4v) is 4.00. The number of para-hydroxylation sites is 1. The number of hydrogen-bond donors (Lipinski definition) is 3. The fourth-order valence-electron chi connectivity index (χ4n) is 4.00. The minimum absolute atomic E-state index is 0.0922. The Kier molecular flexibility index (Phi) is 7.17. The van der Waals surface area contributed by atoms with Gasteiger partial charge in [0.05, 0.1) is 18.4 Å². The highest BCUT2D eigenvalue weighted by atomic mass is 16.2. The number of nitrogens with zero attached hydrogens (tertiary/aromatic N) is 3. The SMILES string of the molecule is O=C(CCc1cn(Cc2ccccc2)c(NC(=O)c2cccc(-c3cn[nH]c3)c2)n1)Nc1ccccc1. The van der Waals surface area contributed by atoms with E-state index in [9.17, 15) is 9.59 Å². The average molecular weight is 491 g/mol. The third-order valence-corrected chi connectivity index (χ3v) is 5.87. The molecule has 2 aromatic heterocycles. The second-order valence-corrected chi connectivity index (χ2v) is 8.61. The molecule has 0 saturated heterocycles. The lowest BCUT2D eigenvalue weighted by Crippen LogP contribution is -2.16. The van der Waals surface area contributed by atoms with Crippen molar-refractivity contribution in [1.82, 2.24) is 19.7 Å². The molecular weight excluding hydrogens is 464 g/mol. The van der Waals surface area contributed by atoms with E-state index in [0.29, 0.717) is 24.5 Å². The number of H-pyrrole nitrogens is 1. The zero-order chi connectivity index (χ0) is 25.5. The molecule has 0 atom stereocenters. The second kappa shape index (κ2) is 11.2. The Labute approximate surface area is 214 Å². The first-order chi connectivity index (χ1) is 18.1. The Bertz CT molecular complexity index is 1480. The zero-order valence-electron chi connectivity index (χ0n) is 20.1. The third kappa shape index (κ3) is 6.18. The molecule has 0 bridgehead atoms. The molecule has 0 aliphatic rings. The van der Waals surface area contributed by atoms with Crippen LogP contribution in [0.5, 0.6) is 0 Å². The van der Waals surface area contributed by atoms with Crippen LogP contribution in [-0.2, 0) is 17.8 Å². The number of aryl methyl sites for hydroxylation is 1. The summed E-state index contributed by atoms with van der Waals surface area (Å²) in [5.41, 5.74) is 4.85. The molecule has 2 heterocycles. The Morgan fingerprint density at radius 3 is 2.41 bits per heavy atom. The summed E-state index contributed by atoms with van der Waals surface area (Å²) < 4.78 is 1.90. The Hall–Kier alpha value is -4.98. The molecular formula is C29H26N6O2. The molecule has 3 N–H and O–H groups in total. The van der Waals surface area contributed by atoms with Gasteiger partial charge in [-0.05, 0) is 35.4 Å². The van der Waals surface area contributed by atoms with Crippen LogP contribution in [0.4, 0.5) is 11.6 Å². The van der Waals surface area contributed by atoms with Crippen LogP contribution in [0.2, 0.25) is 0 Å². The Morgan fingerprint density at radius 2 is 1.65 bits per heavy atom. The number of aromatic nitrogens is 4.